The maximum absolute atomic E-state index is 12.5. The molecule has 0 aliphatic carbocycles. The lowest BCUT2D eigenvalue weighted by molar-refractivity contribution is -0.118. The van der Waals surface area contributed by atoms with E-state index in [9.17, 15) is 9.18 Å². The van der Waals surface area contributed by atoms with Crippen molar-refractivity contribution in [2.75, 3.05) is 0 Å². The molecule has 0 radical (unpaired) electrons. The molecule has 1 atom stereocenters. The molecule has 0 aliphatic heterocycles. The summed E-state index contributed by atoms with van der Waals surface area (Å²) in [5, 5.41) is 0. The van der Waals surface area contributed by atoms with Crippen LogP contribution < -0.4 is 5.73 Å². The van der Waals surface area contributed by atoms with E-state index in [0.717, 1.165) is 6.20 Å². The van der Waals surface area contributed by atoms with Gasteiger partial charge in [0.1, 0.15) is 5.82 Å². The van der Waals surface area contributed by atoms with Gasteiger partial charge in [-0.25, -0.2) is 4.39 Å². The van der Waals surface area contributed by atoms with Crippen molar-refractivity contribution in [2.45, 2.75) is 19.3 Å². The highest BCUT2D eigenvalue weighted by Crippen LogP contribution is 2.15. The third kappa shape index (κ3) is 2.82. The summed E-state index contributed by atoms with van der Waals surface area (Å²) in [4.78, 5) is 14.4. The number of rotatable bonds is 3. The fraction of sp³-hybridized carbons (Fsp3) is 0.333. The average Bonchev–Trinajstić information content (AvgIpc) is 2.04. The van der Waals surface area contributed by atoms with Crippen LogP contribution in [0.3, 0.4) is 0 Å². The molecule has 2 N–H and O–H groups in total. The van der Waals surface area contributed by atoms with Gasteiger partial charge in [0.2, 0.25) is 5.91 Å². The molecule has 70 valence electrons. The van der Waals surface area contributed by atoms with Crippen LogP contribution in [0.4, 0.5) is 4.39 Å². The van der Waals surface area contributed by atoms with Crippen LogP contribution >= 0.6 is 0 Å². The largest absolute Gasteiger partial charge is 0.370 e. The zero-order valence-corrected chi connectivity index (χ0v) is 7.33. The van der Waals surface area contributed by atoms with Gasteiger partial charge in [-0.1, -0.05) is 6.92 Å². The second kappa shape index (κ2) is 3.98. The number of hydrogen-bond donors (Lipinski definition) is 1. The van der Waals surface area contributed by atoms with Crippen LogP contribution in [-0.4, -0.2) is 10.9 Å². The first-order valence-electron chi connectivity index (χ1n) is 3.99. The average molecular weight is 182 g/mol. The molecule has 0 fully saturated rings. The van der Waals surface area contributed by atoms with Crippen LogP contribution in [0.2, 0.25) is 0 Å². The second-order valence-corrected chi connectivity index (χ2v) is 2.97. The molecule has 0 spiro atoms. The molecule has 1 rings (SSSR count). The smallest absolute Gasteiger partial charge is 0.218 e. The molecule has 1 unspecified atom stereocenters. The van der Waals surface area contributed by atoms with Crippen molar-refractivity contribution >= 4 is 5.91 Å². The van der Waals surface area contributed by atoms with E-state index in [4.69, 9.17) is 5.73 Å². The van der Waals surface area contributed by atoms with Gasteiger partial charge in [-0.3, -0.25) is 9.78 Å². The Kier molecular flexibility index (Phi) is 2.95. The number of amides is 1. The van der Waals surface area contributed by atoms with Crippen LogP contribution in [-0.2, 0) is 4.79 Å². The minimum atomic E-state index is -0.380. The Morgan fingerprint density at radius 1 is 1.69 bits per heavy atom. The van der Waals surface area contributed by atoms with Crippen molar-refractivity contribution in [2.24, 2.45) is 5.73 Å². The van der Waals surface area contributed by atoms with Crippen LogP contribution in [0.25, 0.3) is 0 Å². The van der Waals surface area contributed by atoms with Crippen LogP contribution in [0.1, 0.15) is 25.0 Å². The van der Waals surface area contributed by atoms with Gasteiger partial charge in [0.25, 0.3) is 0 Å². The highest BCUT2D eigenvalue weighted by atomic mass is 19.1. The Morgan fingerprint density at radius 2 is 2.38 bits per heavy atom. The third-order valence-corrected chi connectivity index (χ3v) is 1.76. The standard InChI is InChI=1S/C9H11FN2O/c1-6(4-9(11)13)8-3-2-7(10)5-12-8/h2-3,5-6H,4H2,1H3,(H2,11,13). The van der Waals surface area contributed by atoms with E-state index in [-0.39, 0.29) is 24.1 Å². The fourth-order valence-electron chi connectivity index (χ4n) is 1.09. The van der Waals surface area contributed by atoms with E-state index in [1.165, 1.54) is 6.07 Å². The third-order valence-electron chi connectivity index (χ3n) is 1.76. The molecule has 0 aromatic carbocycles. The van der Waals surface area contributed by atoms with Gasteiger partial charge in [-0.15, -0.1) is 0 Å². The second-order valence-electron chi connectivity index (χ2n) is 2.97. The molecule has 0 aliphatic rings. The van der Waals surface area contributed by atoms with Crippen molar-refractivity contribution in [1.29, 1.82) is 0 Å². The maximum atomic E-state index is 12.5. The summed E-state index contributed by atoms with van der Waals surface area (Å²) in [6, 6.07) is 2.88. The van der Waals surface area contributed by atoms with Gasteiger partial charge in [0, 0.05) is 18.0 Å². The summed E-state index contributed by atoms with van der Waals surface area (Å²) >= 11 is 0. The molecular weight excluding hydrogens is 171 g/mol. The van der Waals surface area contributed by atoms with E-state index in [1.54, 1.807) is 6.07 Å². The zero-order chi connectivity index (χ0) is 9.84. The number of nitrogens with zero attached hydrogens (tertiary/aromatic N) is 1. The summed E-state index contributed by atoms with van der Waals surface area (Å²) in [7, 11) is 0. The molecular formula is C9H11FN2O. The normalized spacial score (nSPS) is 12.5. The van der Waals surface area contributed by atoms with Crippen molar-refractivity contribution in [1.82, 2.24) is 4.98 Å². The number of halogens is 1. The van der Waals surface area contributed by atoms with Gasteiger partial charge in [-0.2, -0.15) is 0 Å². The van der Waals surface area contributed by atoms with E-state index < -0.39 is 0 Å². The Hall–Kier alpha value is -1.45. The van der Waals surface area contributed by atoms with E-state index in [0.29, 0.717) is 5.69 Å². The van der Waals surface area contributed by atoms with Crippen LogP contribution in [0, 0.1) is 5.82 Å². The number of hydrogen-bond acceptors (Lipinski definition) is 2. The molecule has 13 heavy (non-hydrogen) atoms. The van der Waals surface area contributed by atoms with Crippen molar-refractivity contribution in [3.8, 4) is 0 Å². The SMILES string of the molecule is CC(CC(N)=O)c1ccc(F)cn1. The van der Waals surface area contributed by atoms with Crippen molar-refractivity contribution in [3.63, 3.8) is 0 Å². The lowest BCUT2D eigenvalue weighted by Crippen LogP contribution is -2.14. The first-order chi connectivity index (χ1) is 6.09. The van der Waals surface area contributed by atoms with E-state index in [1.807, 2.05) is 6.92 Å². The van der Waals surface area contributed by atoms with Crippen LogP contribution in [0.15, 0.2) is 18.3 Å². The number of nitrogens with two attached hydrogens (primary N) is 1. The highest BCUT2D eigenvalue weighted by Gasteiger charge is 2.09. The number of pyridine rings is 1. The van der Waals surface area contributed by atoms with Gasteiger partial charge in [0.15, 0.2) is 0 Å². The summed E-state index contributed by atoms with van der Waals surface area (Å²) < 4.78 is 12.5. The van der Waals surface area contributed by atoms with Gasteiger partial charge >= 0.3 is 0 Å². The lowest BCUT2D eigenvalue weighted by atomic mass is 10.0. The monoisotopic (exact) mass is 182 g/mol. The summed E-state index contributed by atoms with van der Waals surface area (Å²) in [5.41, 5.74) is 5.70. The number of carbonyl (C=O) groups is 1. The molecule has 1 aromatic heterocycles. The topological polar surface area (TPSA) is 56.0 Å². The zero-order valence-electron chi connectivity index (χ0n) is 7.33. The molecule has 1 amide bonds. The van der Waals surface area contributed by atoms with E-state index >= 15 is 0 Å². The minimum absolute atomic E-state index is 0.0573. The first-order valence-corrected chi connectivity index (χ1v) is 3.99. The summed E-state index contributed by atoms with van der Waals surface area (Å²) in [6.45, 7) is 1.82. The Balaban J connectivity index is 2.71. The summed E-state index contributed by atoms with van der Waals surface area (Å²) in [6.07, 6.45) is 1.37. The first kappa shape index (κ1) is 9.64. The molecule has 1 heterocycles. The Morgan fingerprint density at radius 3 is 2.85 bits per heavy atom. The number of aromatic nitrogens is 1. The van der Waals surface area contributed by atoms with Crippen molar-refractivity contribution in [3.05, 3.63) is 29.8 Å². The van der Waals surface area contributed by atoms with Crippen molar-refractivity contribution < 1.29 is 9.18 Å². The van der Waals surface area contributed by atoms with Gasteiger partial charge in [-0.05, 0) is 12.1 Å². The minimum Gasteiger partial charge on any atom is -0.370 e. The van der Waals surface area contributed by atoms with Crippen LogP contribution in [0.5, 0.6) is 0 Å². The summed E-state index contributed by atoms with van der Waals surface area (Å²) in [5.74, 6) is -0.813. The molecule has 4 heteroatoms. The fourth-order valence-corrected chi connectivity index (χ4v) is 1.09. The molecule has 3 nitrogen and oxygen atoms in total. The highest BCUT2D eigenvalue weighted by molar-refractivity contribution is 5.74. The molecule has 0 saturated heterocycles. The van der Waals surface area contributed by atoms with Gasteiger partial charge < -0.3 is 5.73 Å². The maximum Gasteiger partial charge on any atom is 0.218 e. The molecule has 0 saturated carbocycles. The molecule has 1 aromatic rings. The molecule has 0 bridgehead atoms. The quantitative estimate of drug-likeness (QED) is 0.763. The van der Waals surface area contributed by atoms with E-state index in [2.05, 4.69) is 4.98 Å². The number of primary amides is 1. The predicted octanol–water partition coefficient (Wildman–Crippen LogP) is 1.20. The predicted molar refractivity (Wildman–Crippen MR) is 46.4 cm³/mol. The lowest BCUT2D eigenvalue weighted by Gasteiger charge is -2.07. The van der Waals surface area contributed by atoms with Gasteiger partial charge in [0.05, 0.1) is 6.20 Å². The number of carbonyl (C=O) groups excluding carboxylic acids is 1. The Labute approximate surface area is 75.8 Å². The Bertz CT molecular complexity index is 297.